The topological polar surface area (TPSA) is 116 Å². The highest BCUT2D eigenvalue weighted by molar-refractivity contribution is 6.04. The third kappa shape index (κ3) is 4.39. The molecule has 2 aromatic heterocycles. The molecule has 0 unspecified atom stereocenters. The van der Waals surface area contributed by atoms with Gasteiger partial charge in [-0.2, -0.15) is 4.80 Å². The number of nitrogens with one attached hydrogen (secondary N) is 1. The third-order valence-corrected chi connectivity index (χ3v) is 5.72. The van der Waals surface area contributed by atoms with Crippen molar-refractivity contribution in [3.63, 3.8) is 0 Å². The van der Waals surface area contributed by atoms with Crippen molar-refractivity contribution in [2.75, 3.05) is 5.32 Å². The summed E-state index contributed by atoms with van der Waals surface area (Å²) in [6.45, 7) is 3.98. The Kier molecular flexibility index (Phi) is 5.58. The van der Waals surface area contributed by atoms with Crippen LogP contribution in [0.25, 0.3) is 28.0 Å². The molecule has 0 spiro atoms. The maximum Gasteiger partial charge on any atom is 0.291 e. The summed E-state index contributed by atoms with van der Waals surface area (Å²) >= 11 is 0. The molecule has 1 N–H and O–H groups in total. The van der Waals surface area contributed by atoms with E-state index < -0.39 is 10.8 Å². The maximum absolute atomic E-state index is 12.9. The lowest BCUT2D eigenvalue weighted by molar-refractivity contribution is -0.384. The molecule has 174 valence electrons. The van der Waals surface area contributed by atoms with Gasteiger partial charge in [-0.15, -0.1) is 10.2 Å². The number of benzene rings is 3. The third-order valence-electron chi connectivity index (χ3n) is 5.72. The summed E-state index contributed by atoms with van der Waals surface area (Å²) in [6, 6.07) is 20.9. The van der Waals surface area contributed by atoms with Crippen molar-refractivity contribution >= 4 is 28.3 Å². The zero-order valence-electron chi connectivity index (χ0n) is 19.1. The Bertz CT molecular complexity index is 1570. The van der Waals surface area contributed by atoms with E-state index in [1.165, 1.54) is 23.8 Å². The van der Waals surface area contributed by atoms with E-state index in [4.69, 9.17) is 4.42 Å². The smallest absolute Gasteiger partial charge is 0.291 e. The molecule has 9 nitrogen and oxygen atoms in total. The molecule has 1 amide bonds. The van der Waals surface area contributed by atoms with Crippen LogP contribution in [0.5, 0.6) is 0 Å². The molecule has 3 aromatic carbocycles. The summed E-state index contributed by atoms with van der Waals surface area (Å²) in [7, 11) is 0. The summed E-state index contributed by atoms with van der Waals surface area (Å²) in [5.41, 5.74) is 5.31. The highest BCUT2D eigenvalue weighted by Gasteiger charge is 2.16. The van der Waals surface area contributed by atoms with E-state index in [0.717, 1.165) is 17.7 Å². The first-order valence-electron chi connectivity index (χ1n) is 11.0. The van der Waals surface area contributed by atoms with Crippen molar-refractivity contribution in [3.8, 4) is 17.0 Å². The fourth-order valence-corrected chi connectivity index (χ4v) is 3.75. The van der Waals surface area contributed by atoms with Gasteiger partial charge in [0.1, 0.15) is 16.8 Å². The molecule has 9 heteroatoms. The summed E-state index contributed by atoms with van der Waals surface area (Å²) in [5, 5.41) is 23.0. The van der Waals surface area contributed by atoms with Crippen LogP contribution in [0.3, 0.4) is 0 Å². The molecule has 5 aromatic rings. The Labute approximate surface area is 200 Å². The van der Waals surface area contributed by atoms with Crippen LogP contribution in [0.1, 0.15) is 28.6 Å². The minimum atomic E-state index is -0.477. The van der Waals surface area contributed by atoms with Crippen LogP contribution in [0.4, 0.5) is 11.4 Å². The van der Waals surface area contributed by atoms with Crippen LogP contribution in [0, 0.1) is 17.0 Å². The molecule has 0 aliphatic carbocycles. The Hall–Kier alpha value is -4.79. The number of anilines is 1. The molecular formula is C26H21N5O4. The fraction of sp³-hybridized carbons (Fsp3) is 0.115. The molecular weight excluding hydrogens is 446 g/mol. The van der Waals surface area contributed by atoms with Gasteiger partial charge in [-0.3, -0.25) is 14.9 Å². The van der Waals surface area contributed by atoms with E-state index in [9.17, 15) is 14.9 Å². The Morgan fingerprint density at radius 1 is 1.03 bits per heavy atom. The van der Waals surface area contributed by atoms with Crippen LogP contribution >= 0.6 is 0 Å². The highest BCUT2D eigenvalue weighted by atomic mass is 16.6. The molecule has 2 heterocycles. The highest BCUT2D eigenvalue weighted by Crippen LogP contribution is 2.27. The monoisotopic (exact) mass is 467 g/mol. The first-order chi connectivity index (χ1) is 16.9. The molecule has 35 heavy (non-hydrogen) atoms. The number of amides is 1. The number of carbonyl (C=O) groups is 1. The van der Waals surface area contributed by atoms with Crippen molar-refractivity contribution in [2.24, 2.45) is 0 Å². The molecule has 0 atom stereocenters. The largest absolute Gasteiger partial charge is 0.451 e. The normalized spacial score (nSPS) is 11.0. The number of furan rings is 1. The van der Waals surface area contributed by atoms with Gasteiger partial charge in [-0.05, 0) is 60.9 Å². The predicted molar refractivity (Wildman–Crippen MR) is 132 cm³/mol. The van der Waals surface area contributed by atoms with Gasteiger partial charge < -0.3 is 9.73 Å². The van der Waals surface area contributed by atoms with Gasteiger partial charge in [0.15, 0.2) is 5.76 Å². The van der Waals surface area contributed by atoms with Gasteiger partial charge in [-0.25, -0.2) is 0 Å². The molecule has 0 aliphatic rings. The summed E-state index contributed by atoms with van der Waals surface area (Å²) in [4.78, 5) is 25.0. The molecule has 0 fully saturated rings. The lowest BCUT2D eigenvalue weighted by Crippen LogP contribution is -2.11. The van der Waals surface area contributed by atoms with Crippen LogP contribution in [-0.2, 0) is 6.42 Å². The van der Waals surface area contributed by atoms with E-state index in [0.29, 0.717) is 28.0 Å². The fourth-order valence-electron chi connectivity index (χ4n) is 3.75. The first kappa shape index (κ1) is 22.0. The summed E-state index contributed by atoms with van der Waals surface area (Å²) < 4.78 is 5.68. The van der Waals surface area contributed by atoms with Gasteiger partial charge in [0.25, 0.3) is 11.6 Å². The van der Waals surface area contributed by atoms with Crippen molar-refractivity contribution < 1.29 is 14.1 Å². The number of hydrogen-bond donors (Lipinski definition) is 1. The maximum atomic E-state index is 12.9. The molecule has 0 saturated heterocycles. The van der Waals surface area contributed by atoms with Crippen molar-refractivity contribution in [2.45, 2.75) is 20.3 Å². The number of fused-ring (bicyclic) bond motifs is 1. The molecule has 5 rings (SSSR count). The number of hydrogen-bond acceptors (Lipinski definition) is 6. The van der Waals surface area contributed by atoms with E-state index >= 15 is 0 Å². The second kappa shape index (κ2) is 8.86. The number of nitro benzene ring substituents is 1. The van der Waals surface area contributed by atoms with Crippen molar-refractivity contribution in [1.82, 2.24) is 15.0 Å². The number of nitrogens with zero attached hydrogens (tertiary/aromatic N) is 4. The quantitative estimate of drug-likeness (QED) is 0.252. The lowest BCUT2D eigenvalue weighted by atomic mass is 10.1. The SMILES string of the molecule is CCc1ccc(-n2nc3cc(C)c(NC(=O)c4ccc(-c5cccc([N+](=O)[O-])c5)o4)cc3n2)cc1. The Balaban J connectivity index is 1.38. The number of aryl methyl sites for hydroxylation is 2. The average molecular weight is 467 g/mol. The Morgan fingerprint density at radius 2 is 1.77 bits per heavy atom. The van der Waals surface area contributed by atoms with Crippen LogP contribution < -0.4 is 5.32 Å². The molecule has 0 bridgehead atoms. The first-order valence-corrected chi connectivity index (χ1v) is 11.0. The predicted octanol–water partition coefficient (Wildman–Crippen LogP) is 5.71. The average Bonchev–Trinajstić information content (AvgIpc) is 3.52. The Morgan fingerprint density at radius 3 is 2.49 bits per heavy atom. The molecule has 0 aliphatic heterocycles. The van der Waals surface area contributed by atoms with E-state index in [1.807, 2.05) is 37.3 Å². The lowest BCUT2D eigenvalue weighted by Gasteiger charge is -2.06. The van der Waals surface area contributed by atoms with Gasteiger partial charge in [0, 0.05) is 23.4 Å². The minimum Gasteiger partial charge on any atom is -0.451 e. The number of rotatable bonds is 6. The second-order valence-electron chi connectivity index (χ2n) is 8.09. The molecule has 0 saturated carbocycles. The van der Waals surface area contributed by atoms with Gasteiger partial charge in [-0.1, -0.05) is 31.2 Å². The van der Waals surface area contributed by atoms with E-state index in [2.05, 4.69) is 22.4 Å². The summed E-state index contributed by atoms with van der Waals surface area (Å²) in [5.74, 6) is 0.0143. The number of non-ortho nitro benzene ring substituents is 1. The van der Waals surface area contributed by atoms with Crippen LogP contribution in [0.2, 0.25) is 0 Å². The van der Waals surface area contributed by atoms with Gasteiger partial charge in [0.05, 0.1) is 10.6 Å². The van der Waals surface area contributed by atoms with Crippen LogP contribution in [0.15, 0.2) is 77.2 Å². The van der Waals surface area contributed by atoms with Crippen molar-refractivity contribution in [1.29, 1.82) is 0 Å². The summed E-state index contributed by atoms with van der Waals surface area (Å²) in [6.07, 6.45) is 0.958. The second-order valence-corrected chi connectivity index (χ2v) is 8.09. The van der Waals surface area contributed by atoms with Crippen molar-refractivity contribution in [3.05, 3.63) is 99.8 Å². The van der Waals surface area contributed by atoms with Gasteiger partial charge >= 0.3 is 0 Å². The zero-order valence-corrected chi connectivity index (χ0v) is 19.1. The standard InChI is InChI=1S/C26H21N5O4/c1-3-17-7-9-19(10-8-17)30-28-22-13-16(2)21(15-23(22)29-30)27-26(32)25-12-11-24(35-25)18-5-4-6-20(14-18)31(33)34/h4-15H,3H2,1-2H3,(H,27,32). The zero-order chi connectivity index (χ0) is 24.5. The number of nitro groups is 1. The minimum absolute atomic E-state index is 0.0526. The van der Waals surface area contributed by atoms with Gasteiger partial charge in [0.2, 0.25) is 0 Å². The number of carbonyl (C=O) groups excluding carboxylic acids is 1. The molecule has 0 radical (unpaired) electrons. The van der Waals surface area contributed by atoms with E-state index in [-0.39, 0.29) is 11.4 Å². The van der Waals surface area contributed by atoms with E-state index in [1.54, 1.807) is 29.1 Å². The number of aromatic nitrogens is 3. The van der Waals surface area contributed by atoms with Crippen LogP contribution in [-0.4, -0.2) is 25.8 Å².